The van der Waals surface area contributed by atoms with E-state index in [1.165, 1.54) is 0 Å². The number of rotatable bonds is 25. The third kappa shape index (κ3) is 22.4. The predicted octanol–water partition coefficient (Wildman–Crippen LogP) is 1.36. The molecule has 0 spiro atoms. The molecule has 0 radical (unpaired) electrons. The first-order valence-electron chi connectivity index (χ1n) is 17.1. The Kier molecular flexibility index (Phi) is 23.1. The second-order valence-electron chi connectivity index (χ2n) is 13.8. The fraction of sp³-hybridized carbons (Fsp3) is 0.824. The van der Waals surface area contributed by atoms with Crippen LogP contribution in [-0.4, -0.2) is 123 Å². The molecule has 0 aromatic carbocycles. The molecule has 0 aliphatic carbocycles. The van der Waals surface area contributed by atoms with Gasteiger partial charge >= 0.3 is 35.8 Å². The Hall–Kier alpha value is -3.34. The summed E-state index contributed by atoms with van der Waals surface area (Å²) in [4.78, 5) is 73.6. The Bertz CT molecular complexity index is 972. The number of esters is 6. The minimum atomic E-state index is -1.23. The molecule has 4 atom stereocenters. The summed E-state index contributed by atoms with van der Waals surface area (Å²) in [7, 11) is 0. The van der Waals surface area contributed by atoms with Gasteiger partial charge in [-0.1, -0.05) is 13.8 Å². The number of hydrogen-bond acceptors (Lipinski definition) is 16. The smallest absolute Gasteiger partial charge is 0.323 e. The summed E-state index contributed by atoms with van der Waals surface area (Å²) in [5.74, 6) is -3.87. The van der Waals surface area contributed by atoms with Crippen LogP contribution in [0.4, 0.5) is 0 Å². The topological polar surface area (TPSA) is 222 Å². The lowest BCUT2D eigenvalue weighted by molar-refractivity contribution is -0.161. The third-order valence-electron chi connectivity index (χ3n) is 6.53. The van der Waals surface area contributed by atoms with Crippen molar-refractivity contribution in [2.24, 2.45) is 10.8 Å². The predicted molar refractivity (Wildman–Crippen MR) is 179 cm³/mol. The number of nitrogens with one attached hydrogen (secondary N) is 2. The van der Waals surface area contributed by atoms with Crippen molar-refractivity contribution in [1.82, 2.24) is 10.6 Å². The highest BCUT2D eigenvalue weighted by atomic mass is 16.6. The molecule has 0 aromatic heterocycles. The van der Waals surface area contributed by atoms with Crippen LogP contribution in [0.1, 0.15) is 93.9 Å². The molecule has 0 aliphatic rings. The number of carbonyl (C=O) groups excluding carboxylic acids is 6. The first-order chi connectivity index (χ1) is 23.3. The van der Waals surface area contributed by atoms with E-state index in [4.69, 9.17) is 28.4 Å². The summed E-state index contributed by atoms with van der Waals surface area (Å²) in [5.41, 5.74) is -1.49. The lowest BCUT2D eigenvalue weighted by atomic mass is 9.97. The maximum atomic E-state index is 12.6. The zero-order valence-electron chi connectivity index (χ0n) is 31.0. The van der Waals surface area contributed by atoms with Gasteiger partial charge in [-0.05, 0) is 80.3 Å². The molecule has 0 saturated carbocycles. The Morgan fingerprint density at radius 2 is 0.860 bits per heavy atom. The highest BCUT2D eigenvalue weighted by molar-refractivity contribution is 5.83. The Morgan fingerprint density at radius 1 is 0.540 bits per heavy atom. The molecule has 4 N–H and O–H groups in total. The van der Waals surface area contributed by atoms with E-state index in [9.17, 15) is 39.0 Å². The van der Waals surface area contributed by atoms with E-state index >= 15 is 0 Å². The van der Waals surface area contributed by atoms with Crippen molar-refractivity contribution >= 4 is 35.8 Å². The van der Waals surface area contributed by atoms with E-state index in [1.54, 1.807) is 41.5 Å². The van der Waals surface area contributed by atoms with Crippen LogP contribution in [-0.2, 0) is 57.2 Å². The number of ether oxygens (including phenoxy) is 6. The van der Waals surface area contributed by atoms with Crippen LogP contribution in [0, 0.1) is 10.8 Å². The van der Waals surface area contributed by atoms with Crippen molar-refractivity contribution in [3.8, 4) is 0 Å². The van der Waals surface area contributed by atoms with E-state index in [0.717, 1.165) is 0 Å². The summed E-state index contributed by atoms with van der Waals surface area (Å²) in [6, 6.07) is -2.02. The van der Waals surface area contributed by atoms with Gasteiger partial charge in [0.2, 0.25) is 0 Å². The van der Waals surface area contributed by atoms with Crippen molar-refractivity contribution < 1.29 is 67.4 Å². The second kappa shape index (κ2) is 24.7. The Labute approximate surface area is 295 Å². The van der Waals surface area contributed by atoms with E-state index in [-0.39, 0.29) is 39.3 Å². The minimum absolute atomic E-state index is 0.00415. The van der Waals surface area contributed by atoms with E-state index in [0.29, 0.717) is 38.8 Å². The number of carbonyl (C=O) groups is 6. The zero-order valence-corrected chi connectivity index (χ0v) is 31.0. The summed E-state index contributed by atoms with van der Waals surface area (Å²) < 4.78 is 30.7. The lowest BCUT2D eigenvalue weighted by Gasteiger charge is -2.20. The van der Waals surface area contributed by atoms with Crippen molar-refractivity contribution in [3.63, 3.8) is 0 Å². The average molecular weight is 721 g/mol. The zero-order chi connectivity index (χ0) is 38.3. The largest absolute Gasteiger partial charge is 0.466 e. The van der Waals surface area contributed by atoms with Crippen LogP contribution in [0.15, 0.2) is 0 Å². The third-order valence-corrected chi connectivity index (χ3v) is 6.53. The molecule has 4 unspecified atom stereocenters. The van der Waals surface area contributed by atoms with Crippen molar-refractivity contribution in [3.05, 3.63) is 0 Å². The van der Waals surface area contributed by atoms with Crippen molar-refractivity contribution in [2.45, 2.75) is 118 Å². The van der Waals surface area contributed by atoms with Crippen LogP contribution in [0.5, 0.6) is 0 Å². The molecule has 16 heteroatoms. The summed E-state index contributed by atoms with van der Waals surface area (Å²) in [6.07, 6.45) is -1.03. The fourth-order valence-corrected chi connectivity index (χ4v) is 3.57. The molecular formula is C34H60N2O14. The highest BCUT2D eigenvalue weighted by Crippen LogP contribution is 2.16. The van der Waals surface area contributed by atoms with Crippen LogP contribution in [0.25, 0.3) is 0 Å². The van der Waals surface area contributed by atoms with Gasteiger partial charge in [-0.3, -0.25) is 28.8 Å². The maximum Gasteiger partial charge on any atom is 0.323 e. The average Bonchev–Trinajstić information content (AvgIpc) is 3.04. The highest BCUT2D eigenvalue weighted by Gasteiger charge is 2.28. The minimum Gasteiger partial charge on any atom is -0.466 e. The summed E-state index contributed by atoms with van der Waals surface area (Å²) >= 11 is 0. The molecule has 0 amide bonds. The normalized spacial score (nSPS) is 14.0. The SMILES string of the molecule is CCCNC(CC(=O)OCCCCOC(=O)CC(NCCC)C(=O)OCC(O)COC(=O)C(C)(C)C)C(=O)OCC(O)COC(=O)C(C)(C)C. The van der Waals surface area contributed by atoms with Crippen molar-refractivity contribution in [1.29, 1.82) is 0 Å². The van der Waals surface area contributed by atoms with Crippen LogP contribution in [0.2, 0.25) is 0 Å². The van der Waals surface area contributed by atoms with E-state index in [1.807, 2.05) is 13.8 Å². The van der Waals surface area contributed by atoms with Gasteiger partial charge in [0.1, 0.15) is 50.7 Å². The van der Waals surface area contributed by atoms with Gasteiger partial charge in [-0.2, -0.15) is 0 Å². The van der Waals surface area contributed by atoms with Gasteiger partial charge in [-0.25, -0.2) is 0 Å². The van der Waals surface area contributed by atoms with Gasteiger partial charge < -0.3 is 49.3 Å². The fourth-order valence-electron chi connectivity index (χ4n) is 3.57. The Morgan fingerprint density at radius 3 is 1.16 bits per heavy atom. The molecule has 0 aromatic rings. The maximum absolute atomic E-state index is 12.6. The lowest BCUT2D eigenvalue weighted by Crippen LogP contribution is -2.42. The van der Waals surface area contributed by atoms with Crippen LogP contribution < -0.4 is 10.6 Å². The number of aliphatic hydroxyl groups excluding tert-OH is 2. The molecule has 0 saturated heterocycles. The summed E-state index contributed by atoms with van der Waals surface area (Å²) in [5, 5.41) is 25.9. The molecule has 0 aliphatic heterocycles. The second-order valence-corrected chi connectivity index (χ2v) is 13.8. The summed E-state index contributed by atoms with van der Waals surface area (Å²) in [6.45, 7) is 13.1. The van der Waals surface area contributed by atoms with Gasteiger partial charge in [0, 0.05) is 0 Å². The number of hydrogen-bond donors (Lipinski definition) is 4. The van der Waals surface area contributed by atoms with Gasteiger partial charge in [0.25, 0.3) is 0 Å². The first kappa shape index (κ1) is 46.7. The molecule has 0 fully saturated rings. The van der Waals surface area contributed by atoms with Crippen LogP contribution in [0.3, 0.4) is 0 Å². The standard InChI is InChI=1S/C34H60N2O14/c1-9-13-35-25(29(41)47-19-23(37)21-49-31(43)33(3,4)5)17-27(39)45-15-11-12-16-46-28(40)18-26(36-14-10-2)30(42)48-20-24(38)22-50-32(44)34(6,7)8/h23-26,35-38H,9-22H2,1-8H3. The van der Waals surface area contributed by atoms with Gasteiger partial charge in [0.05, 0.1) is 36.9 Å². The molecule has 50 heavy (non-hydrogen) atoms. The van der Waals surface area contributed by atoms with Gasteiger partial charge in [0.15, 0.2) is 0 Å². The number of unbranched alkanes of at least 4 members (excludes halogenated alkanes) is 1. The van der Waals surface area contributed by atoms with Crippen LogP contribution >= 0.6 is 0 Å². The number of aliphatic hydroxyl groups is 2. The van der Waals surface area contributed by atoms with Gasteiger partial charge in [-0.15, -0.1) is 0 Å². The molecule has 290 valence electrons. The Balaban J connectivity index is 4.56. The quantitative estimate of drug-likeness (QED) is 0.0594. The first-order valence-corrected chi connectivity index (χ1v) is 17.1. The van der Waals surface area contributed by atoms with E-state index in [2.05, 4.69) is 10.6 Å². The van der Waals surface area contributed by atoms with Crippen molar-refractivity contribution in [2.75, 3.05) is 52.7 Å². The van der Waals surface area contributed by atoms with E-state index < -0.39 is 84.2 Å². The molecular weight excluding hydrogens is 660 g/mol. The molecule has 0 heterocycles. The molecule has 0 rings (SSSR count). The monoisotopic (exact) mass is 720 g/mol. The molecule has 16 nitrogen and oxygen atoms in total. The molecule has 0 bridgehead atoms.